The number of aliphatic hydroxyl groups is 8. The zero-order valence-corrected chi connectivity index (χ0v) is 41.8. The topological polar surface area (TPSA) is 228 Å². The van der Waals surface area contributed by atoms with Crippen LogP contribution in [0.2, 0.25) is 0 Å². The van der Waals surface area contributed by atoms with E-state index in [2.05, 4.69) is 116 Å². The largest absolute Gasteiger partial charge is 0.394 e. The second-order valence-corrected chi connectivity index (χ2v) is 17.9. The molecule has 0 saturated carbocycles. The zero-order chi connectivity index (χ0) is 50.3. The minimum Gasteiger partial charge on any atom is -0.394 e. The normalized spacial score (nSPS) is 27.0. The SMILES string of the molecule is CC/C=C\C/C=C\C/C=C\C/C=C\C/C=C\C/C=C\C/C=C\C/C=C\CCCCCCCCC(=O)NC(COC1OC(CO)C(OC2OC(CO)C(O)C(O)C2O)C(O)C1O)C(O)CCCCCC. The van der Waals surface area contributed by atoms with E-state index in [0.29, 0.717) is 12.8 Å². The minimum absolute atomic E-state index is 0.237. The molecule has 0 spiro atoms. The molecule has 12 atom stereocenters. The van der Waals surface area contributed by atoms with Crippen LogP contribution in [0.25, 0.3) is 0 Å². The van der Waals surface area contributed by atoms with Gasteiger partial charge in [0.25, 0.3) is 0 Å². The van der Waals surface area contributed by atoms with Gasteiger partial charge >= 0.3 is 0 Å². The smallest absolute Gasteiger partial charge is 0.220 e. The van der Waals surface area contributed by atoms with Crippen molar-refractivity contribution in [3.8, 4) is 0 Å². The first-order valence-electron chi connectivity index (χ1n) is 26.0. The van der Waals surface area contributed by atoms with Gasteiger partial charge in [-0.1, -0.05) is 162 Å². The molecule has 2 heterocycles. The predicted octanol–water partition coefficient (Wildman–Crippen LogP) is 7.15. The summed E-state index contributed by atoms with van der Waals surface area (Å²) in [4.78, 5) is 13.1. The summed E-state index contributed by atoms with van der Waals surface area (Å²) in [5.41, 5.74) is 0. The number of unbranched alkanes of at least 4 members (excludes halogenated alkanes) is 9. The van der Waals surface area contributed by atoms with E-state index in [1.807, 2.05) is 0 Å². The third kappa shape index (κ3) is 27.4. The summed E-state index contributed by atoms with van der Waals surface area (Å²) in [6.07, 6.45) is 37.9. The molecule has 14 heteroatoms. The molecule has 2 aliphatic heterocycles. The van der Waals surface area contributed by atoms with E-state index in [1.54, 1.807) is 0 Å². The van der Waals surface area contributed by atoms with Crippen LogP contribution in [-0.2, 0) is 23.7 Å². The molecular weight excluding hydrogens is 883 g/mol. The Morgan fingerprint density at radius 2 is 1.00 bits per heavy atom. The van der Waals surface area contributed by atoms with E-state index in [9.17, 15) is 45.6 Å². The van der Waals surface area contributed by atoms with E-state index >= 15 is 0 Å². The monoisotopic (exact) mass is 974 g/mol. The molecule has 2 saturated heterocycles. The van der Waals surface area contributed by atoms with Gasteiger partial charge < -0.3 is 65.1 Å². The molecular formula is C55H91NO13. The summed E-state index contributed by atoms with van der Waals surface area (Å²) in [5.74, 6) is -0.237. The van der Waals surface area contributed by atoms with Crippen LogP contribution in [0.3, 0.4) is 0 Å². The van der Waals surface area contributed by atoms with Gasteiger partial charge in [0.05, 0.1) is 32.0 Å². The fraction of sp³-hybridized carbons (Fsp3) is 0.691. The molecule has 9 N–H and O–H groups in total. The first kappa shape index (κ1) is 62.0. The highest BCUT2D eigenvalue weighted by atomic mass is 16.7. The van der Waals surface area contributed by atoms with E-state index in [4.69, 9.17) is 18.9 Å². The van der Waals surface area contributed by atoms with Gasteiger partial charge in [0, 0.05) is 6.42 Å². The molecule has 0 bridgehead atoms. The highest BCUT2D eigenvalue weighted by molar-refractivity contribution is 5.76. The molecule has 0 aromatic rings. The number of ether oxygens (including phenoxy) is 4. The van der Waals surface area contributed by atoms with Crippen LogP contribution < -0.4 is 5.32 Å². The van der Waals surface area contributed by atoms with Crippen molar-refractivity contribution in [3.05, 3.63) is 97.2 Å². The molecule has 1 amide bonds. The molecule has 0 aliphatic carbocycles. The third-order valence-electron chi connectivity index (χ3n) is 12.1. The number of hydrogen-bond acceptors (Lipinski definition) is 13. The number of amides is 1. The van der Waals surface area contributed by atoms with Crippen molar-refractivity contribution in [1.82, 2.24) is 5.32 Å². The Morgan fingerprint density at radius 1 is 0.536 bits per heavy atom. The van der Waals surface area contributed by atoms with Crippen molar-refractivity contribution in [3.63, 3.8) is 0 Å². The average molecular weight is 974 g/mol. The lowest BCUT2D eigenvalue weighted by Crippen LogP contribution is -2.65. The Kier molecular flexibility index (Phi) is 36.4. The lowest BCUT2D eigenvalue weighted by atomic mass is 9.97. The summed E-state index contributed by atoms with van der Waals surface area (Å²) < 4.78 is 22.6. The third-order valence-corrected chi connectivity index (χ3v) is 12.1. The summed E-state index contributed by atoms with van der Waals surface area (Å²) >= 11 is 0. The van der Waals surface area contributed by atoms with Gasteiger partial charge in [0.15, 0.2) is 12.6 Å². The summed E-state index contributed by atoms with van der Waals surface area (Å²) in [6.45, 7) is 2.56. The number of allylic oxidation sites excluding steroid dienone is 16. The van der Waals surface area contributed by atoms with Gasteiger partial charge in [-0.05, 0) is 77.0 Å². The van der Waals surface area contributed by atoms with Crippen molar-refractivity contribution < 1.29 is 64.6 Å². The van der Waals surface area contributed by atoms with Crippen molar-refractivity contribution in [2.45, 2.75) is 222 Å². The molecule has 2 fully saturated rings. The predicted molar refractivity (Wildman–Crippen MR) is 272 cm³/mol. The van der Waals surface area contributed by atoms with E-state index in [1.165, 1.54) is 0 Å². The van der Waals surface area contributed by atoms with Crippen LogP contribution in [0.5, 0.6) is 0 Å². The molecule has 0 aromatic carbocycles. The molecule has 69 heavy (non-hydrogen) atoms. The van der Waals surface area contributed by atoms with Crippen molar-refractivity contribution in [2.75, 3.05) is 19.8 Å². The van der Waals surface area contributed by atoms with E-state index in [-0.39, 0.29) is 18.9 Å². The Balaban J connectivity index is 1.62. The van der Waals surface area contributed by atoms with Gasteiger partial charge in [0.1, 0.15) is 48.8 Å². The fourth-order valence-corrected chi connectivity index (χ4v) is 7.84. The fourth-order valence-electron chi connectivity index (χ4n) is 7.84. The van der Waals surface area contributed by atoms with Gasteiger partial charge in [-0.25, -0.2) is 0 Å². The maximum absolute atomic E-state index is 13.1. The Bertz CT molecular complexity index is 1520. The van der Waals surface area contributed by atoms with E-state index in [0.717, 1.165) is 116 Å². The van der Waals surface area contributed by atoms with Crippen molar-refractivity contribution in [1.29, 1.82) is 0 Å². The molecule has 14 nitrogen and oxygen atoms in total. The Morgan fingerprint density at radius 3 is 1.52 bits per heavy atom. The molecule has 2 rings (SSSR count). The molecule has 0 aromatic heterocycles. The lowest BCUT2D eigenvalue weighted by Gasteiger charge is -2.46. The first-order valence-corrected chi connectivity index (χ1v) is 26.0. The number of hydrogen-bond donors (Lipinski definition) is 9. The van der Waals surface area contributed by atoms with Crippen LogP contribution in [0.15, 0.2) is 97.2 Å². The first-order chi connectivity index (χ1) is 33.6. The molecule has 12 unspecified atom stereocenters. The summed E-state index contributed by atoms with van der Waals surface area (Å²) in [6, 6.07) is -0.839. The average Bonchev–Trinajstić information content (AvgIpc) is 3.35. The highest BCUT2D eigenvalue weighted by Crippen LogP contribution is 2.30. The number of rotatable bonds is 38. The highest BCUT2D eigenvalue weighted by Gasteiger charge is 2.51. The second kappa shape index (κ2) is 40.5. The van der Waals surface area contributed by atoms with Crippen molar-refractivity contribution >= 4 is 5.91 Å². The van der Waals surface area contributed by atoms with Crippen LogP contribution in [0, 0.1) is 0 Å². The lowest BCUT2D eigenvalue weighted by molar-refractivity contribution is -0.359. The number of carbonyl (C=O) groups is 1. The van der Waals surface area contributed by atoms with Gasteiger partial charge in [-0.3, -0.25) is 4.79 Å². The summed E-state index contributed by atoms with van der Waals surface area (Å²) in [7, 11) is 0. The molecule has 394 valence electrons. The van der Waals surface area contributed by atoms with Crippen LogP contribution in [-0.4, -0.2) is 140 Å². The minimum atomic E-state index is -1.79. The zero-order valence-electron chi connectivity index (χ0n) is 41.8. The maximum Gasteiger partial charge on any atom is 0.220 e. The van der Waals surface area contributed by atoms with Crippen LogP contribution in [0.4, 0.5) is 0 Å². The summed E-state index contributed by atoms with van der Waals surface area (Å²) in [5, 5.41) is 86.2. The van der Waals surface area contributed by atoms with Gasteiger partial charge in [-0.15, -0.1) is 0 Å². The standard InChI is InChI=1S/C55H91NO13/c1-3-5-7-9-10-11-12-13-14-15-16-17-18-19-20-21-22-23-24-25-26-27-28-29-30-31-32-33-34-35-37-39-47(60)56-43(44(59)38-36-8-6-4-2)42-66-54-52(65)50(63)53(46(41-58)68-54)69-55-51(64)49(62)48(61)45(40-57)67-55/h5,7,10-11,13-14,16-17,19-20,22-23,25-26,28-29,43-46,48-55,57-59,61-65H,3-4,6,8-9,12,15,18,21,24,27,30-42H2,1-2H3,(H,56,60)/b7-5-,11-10-,14-13-,17-16-,20-19-,23-22-,26-25-,29-28-. The Hall–Kier alpha value is -3.09. The number of aliphatic hydroxyl groups excluding tert-OH is 8. The quantitative estimate of drug-likeness (QED) is 0.0222. The Labute approximate surface area is 413 Å². The molecule has 2 aliphatic rings. The van der Waals surface area contributed by atoms with Crippen LogP contribution in [0.1, 0.15) is 149 Å². The number of nitrogens with one attached hydrogen (secondary N) is 1. The van der Waals surface area contributed by atoms with E-state index < -0.39 is 86.8 Å². The maximum atomic E-state index is 13.1. The molecule has 0 radical (unpaired) electrons. The van der Waals surface area contributed by atoms with Gasteiger partial charge in [0.2, 0.25) is 5.91 Å². The number of carbonyl (C=O) groups excluding carboxylic acids is 1. The van der Waals surface area contributed by atoms with Gasteiger partial charge in [-0.2, -0.15) is 0 Å². The van der Waals surface area contributed by atoms with Crippen molar-refractivity contribution in [2.24, 2.45) is 0 Å². The van der Waals surface area contributed by atoms with Crippen LogP contribution >= 0.6 is 0 Å². The second-order valence-electron chi connectivity index (χ2n) is 17.9.